The second kappa shape index (κ2) is 69.6. The SMILES string of the molecule is CCCCCCCCCCCCCCCCCCCCCCCCCC/C=C/C(O)C(COP(=O)(O)OCC[N+](C)(C)C)NC(=O)CCCCCCCCCCCCCCCCCCCCCCCCCCCCCCCCCCCCCCCCC. The van der Waals surface area contributed by atoms with Crippen LogP contribution in [0.1, 0.15) is 431 Å². The molecule has 0 aromatic rings. The number of phosphoric acid groups is 1. The van der Waals surface area contributed by atoms with E-state index in [-0.39, 0.29) is 19.1 Å². The van der Waals surface area contributed by atoms with Crippen molar-refractivity contribution in [1.82, 2.24) is 5.32 Å². The van der Waals surface area contributed by atoms with Crippen LogP contribution >= 0.6 is 7.82 Å². The quantitative estimate of drug-likeness (QED) is 0.0243. The fraction of sp³-hybridized carbons (Fsp3) is 0.962. The van der Waals surface area contributed by atoms with E-state index in [0.29, 0.717) is 17.4 Å². The standard InChI is InChI=1S/C78H157N2O6P/c1-6-8-10-12-14-16-18-20-22-24-26-28-30-32-34-35-36-37-38-39-40-41-42-43-44-45-46-48-50-52-54-56-58-60-62-64-66-68-70-72-78(82)79-76(75-86-87(83,84)85-74-73-80(3,4)5)77(81)71-69-67-65-63-61-59-57-55-53-51-49-47-33-31-29-27-25-23-21-19-17-15-13-11-9-7-2/h69,71,76-77,81H,6-68,70,72-75H2,1-5H3,(H-,79,82,83,84)/p+1/b71-69+. The van der Waals surface area contributed by atoms with Crippen LogP contribution in [0, 0.1) is 0 Å². The first-order valence-corrected chi connectivity index (χ1v) is 41.1. The summed E-state index contributed by atoms with van der Waals surface area (Å²) >= 11 is 0. The molecular weight excluding hydrogens is 1090 g/mol. The molecule has 0 aliphatic carbocycles. The first-order chi connectivity index (χ1) is 42.5. The molecule has 0 bridgehead atoms. The zero-order valence-electron chi connectivity index (χ0n) is 59.8. The number of hydrogen-bond acceptors (Lipinski definition) is 5. The molecule has 87 heavy (non-hydrogen) atoms. The number of quaternary nitrogens is 1. The van der Waals surface area contributed by atoms with Crippen LogP contribution in [0.2, 0.25) is 0 Å². The lowest BCUT2D eigenvalue weighted by molar-refractivity contribution is -0.870. The zero-order valence-corrected chi connectivity index (χ0v) is 60.7. The van der Waals surface area contributed by atoms with Gasteiger partial charge in [0.25, 0.3) is 0 Å². The van der Waals surface area contributed by atoms with Gasteiger partial charge in [-0.15, -0.1) is 0 Å². The molecule has 8 nitrogen and oxygen atoms in total. The molecule has 9 heteroatoms. The lowest BCUT2D eigenvalue weighted by Gasteiger charge is -2.25. The molecule has 0 radical (unpaired) electrons. The Morgan fingerprint density at radius 3 is 0.851 bits per heavy atom. The summed E-state index contributed by atoms with van der Waals surface area (Å²) in [6.07, 6.45) is 91.3. The van der Waals surface area contributed by atoms with Gasteiger partial charge in [0.15, 0.2) is 0 Å². The number of aliphatic hydroxyl groups excluding tert-OH is 1. The fourth-order valence-corrected chi connectivity index (χ4v) is 13.4. The number of rotatable bonds is 75. The van der Waals surface area contributed by atoms with Crippen molar-refractivity contribution in [3.8, 4) is 0 Å². The highest BCUT2D eigenvalue weighted by molar-refractivity contribution is 7.47. The van der Waals surface area contributed by atoms with E-state index in [1.807, 2.05) is 27.2 Å². The monoisotopic (exact) mass is 1250 g/mol. The third kappa shape index (κ3) is 72.5. The van der Waals surface area contributed by atoms with E-state index in [1.54, 1.807) is 6.08 Å². The van der Waals surface area contributed by atoms with Crippen molar-refractivity contribution in [3.63, 3.8) is 0 Å². The highest BCUT2D eigenvalue weighted by Gasteiger charge is 2.28. The highest BCUT2D eigenvalue weighted by atomic mass is 31.2. The van der Waals surface area contributed by atoms with Crippen molar-refractivity contribution in [2.45, 2.75) is 443 Å². The van der Waals surface area contributed by atoms with E-state index in [4.69, 9.17) is 9.05 Å². The van der Waals surface area contributed by atoms with Gasteiger partial charge in [-0.25, -0.2) is 4.57 Å². The molecule has 3 N–H and O–H groups in total. The summed E-state index contributed by atoms with van der Waals surface area (Å²) in [6, 6.07) is -0.844. The summed E-state index contributed by atoms with van der Waals surface area (Å²) < 4.78 is 23.9. The predicted octanol–water partition coefficient (Wildman–Crippen LogP) is 25.6. The van der Waals surface area contributed by atoms with Gasteiger partial charge in [-0.2, -0.15) is 0 Å². The van der Waals surface area contributed by atoms with Crippen molar-refractivity contribution in [3.05, 3.63) is 12.2 Å². The van der Waals surface area contributed by atoms with Crippen LogP contribution < -0.4 is 5.32 Å². The Hall–Kier alpha value is -0.760. The van der Waals surface area contributed by atoms with Crippen LogP contribution in [0.5, 0.6) is 0 Å². The first-order valence-electron chi connectivity index (χ1n) is 39.6. The smallest absolute Gasteiger partial charge is 0.387 e. The number of aliphatic hydroxyl groups is 1. The number of phosphoric ester groups is 1. The zero-order chi connectivity index (χ0) is 63.4. The van der Waals surface area contributed by atoms with E-state index in [0.717, 1.165) is 32.1 Å². The van der Waals surface area contributed by atoms with Gasteiger partial charge >= 0.3 is 7.82 Å². The van der Waals surface area contributed by atoms with Gasteiger partial charge in [-0.05, 0) is 19.3 Å². The average Bonchev–Trinajstić information content (AvgIpc) is 3.70. The topological polar surface area (TPSA) is 105 Å². The van der Waals surface area contributed by atoms with Gasteiger partial charge in [0, 0.05) is 6.42 Å². The van der Waals surface area contributed by atoms with Crippen molar-refractivity contribution in [1.29, 1.82) is 0 Å². The molecular formula is C78H158N2O6P+. The normalized spacial score (nSPS) is 13.5. The molecule has 520 valence electrons. The van der Waals surface area contributed by atoms with Crippen molar-refractivity contribution in [2.75, 3.05) is 40.9 Å². The van der Waals surface area contributed by atoms with Crippen LogP contribution in [0.3, 0.4) is 0 Å². The lowest BCUT2D eigenvalue weighted by Crippen LogP contribution is -2.45. The van der Waals surface area contributed by atoms with E-state index in [2.05, 4.69) is 19.2 Å². The maximum Gasteiger partial charge on any atom is 0.472 e. The second-order valence-electron chi connectivity index (χ2n) is 28.8. The summed E-state index contributed by atoms with van der Waals surface area (Å²) in [7, 11) is 1.60. The van der Waals surface area contributed by atoms with Crippen LogP contribution in [0.25, 0.3) is 0 Å². The maximum absolute atomic E-state index is 13.1. The van der Waals surface area contributed by atoms with Gasteiger partial charge in [0.2, 0.25) is 5.91 Å². The summed E-state index contributed by atoms with van der Waals surface area (Å²) in [5, 5.41) is 14.0. The molecule has 3 atom stereocenters. The molecule has 0 heterocycles. The van der Waals surface area contributed by atoms with E-state index < -0.39 is 20.0 Å². The van der Waals surface area contributed by atoms with Crippen LogP contribution in [0.15, 0.2) is 12.2 Å². The Labute approximate surface area is 545 Å². The molecule has 0 aromatic heterocycles. The number of nitrogens with zero attached hydrogens (tertiary/aromatic N) is 1. The molecule has 0 saturated carbocycles. The van der Waals surface area contributed by atoms with Gasteiger partial charge in [-0.3, -0.25) is 13.8 Å². The number of carbonyl (C=O) groups is 1. The van der Waals surface area contributed by atoms with Crippen molar-refractivity contribution in [2.24, 2.45) is 0 Å². The summed E-state index contributed by atoms with van der Waals surface area (Å²) in [6.45, 7) is 4.90. The van der Waals surface area contributed by atoms with Crippen molar-refractivity contribution >= 4 is 13.7 Å². The summed E-state index contributed by atoms with van der Waals surface area (Å²) in [5.74, 6) is -0.165. The predicted molar refractivity (Wildman–Crippen MR) is 383 cm³/mol. The van der Waals surface area contributed by atoms with E-state index >= 15 is 0 Å². The number of unbranched alkanes of at least 4 members (excludes halogenated alkanes) is 62. The minimum absolute atomic E-state index is 0.0656. The first kappa shape index (κ1) is 86.2. The fourth-order valence-electron chi connectivity index (χ4n) is 12.6. The third-order valence-corrected chi connectivity index (χ3v) is 19.7. The summed E-state index contributed by atoms with van der Waals surface area (Å²) in [5.41, 5.74) is 0. The Bertz CT molecular complexity index is 1420. The van der Waals surface area contributed by atoms with Crippen LogP contribution in [0.4, 0.5) is 0 Å². The summed E-state index contributed by atoms with van der Waals surface area (Å²) in [4.78, 5) is 23.5. The van der Waals surface area contributed by atoms with Crippen LogP contribution in [-0.2, 0) is 18.4 Å². The minimum atomic E-state index is -4.35. The maximum atomic E-state index is 13.1. The molecule has 0 aliphatic rings. The number of likely N-dealkylation sites (N-methyl/N-ethyl adjacent to an activating group) is 1. The highest BCUT2D eigenvalue weighted by Crippen LogP contribution is 2.43. The number of carbonyl (C=O) groups excluding carboxylic acids is 1. The Morgan fingerprint density at radius 2 is 0.609 bits per heavy atom. The molecule has 0 aromatic carbocycles. The Morgan fingerprint density at radius 1 is 0.379 bits per heavy atom. The number of hydrogen-bond donors (Lipinski definition) is 3. The Balaban J connectivity index is 3.90. The molecule has 0 fully saturated rings. The van der Waals surface area contributed by atoms with Crippen LogP contribution in [-0.4, -0.2) is 73.4 Å². The van der Waals surface area contributed by atoms with Gasteiger partial charge in [0.05, 0.1) is 39.9 Å². The molecule has 1 amide bonds. The number of nitrogens with one attached hydrogen (secondary N) is 1. The molecule has 3 unspecified atom stereocenters. The van der Waals surface area contributed by atoms with E-state index in [9.17, 15) is 19.4 Å². The van der Waals surface area contributed by atoms with Gasteiger partial charge < -0.3 is 19.8 Å². The molecule has 0 aliphatic heterocycles. The minimum Gasteiger partial charge on any atom is -0.387 e. The van der Waals surface area contributed by atoms with E-state index in [1.165, 1.54) is 379 Å². The average molecular weight is 1250 g/mol. The Kier molecular flexibility index (Phi) is 69.0. The third-order valence-electron chi connectivity index (χ3n) is 18.8. The molecule has 0 spiro atoms. The second-order valence-corrected chi connectivity index (χ2v) is 30.3. The van der Waals surface area contributed by atoms with Crippen molar-refractivity contribution < 1.29 is 32.9 Å². The van der Waals surface area contributed by atoms with Gasteiger partial charge in [0.1, 0.15) is 13.2 Å². The largest absolute Gasteiger partial charge is 0.472 e. The lowest BCUT2D eigenvalue weighted by atomic mass is 10.0. The van der Waals surface area contributed by atoms with Gasteiger partial charge in [-0.1, -0.05) is 418 Å². The number of allylic oxidation sites excluding steroid dienone is 1. The molecule has 0 saturated heterocycles. The number of amides is 1. The molecule has 0 rings (SSSR count).